The van der Waals surface area contributed by atoms with E-state index in [1.165, 1.54) is 7.11 Å². The fourth-order valence-electron chi connectivity index (χ4n) is 1.69. The molecular formula is C11H20N4O4S. The first kappa shape index (κ1) is 16.6. The molecule has 0 aliphatic rings. The van der Waals surface area contributed by atoms with E-state index in [0.29, 0.717) is 24.5 Å². The van der Waals surface area contributed by atoms with Crippen molar-refractivity contribution in [3.8, 4) is 0 Å². The molecule has 0 unspecified atom stereocenters. The summed E-state index contributed by atoms with van der Waals surface area (Å²) in [6.07, 6.45) is 0.0683. The molecule has 1 heterocycles. The zero-order valence-corrected chi connectivity index (χ0v) is 12.6. The molecule has 8 nitrogen and oxygen atoms in total. The van der Waals surface area contributed by atoms with Gasteiger partial charge in [-0.05, 0) is 13.8 Å². The number of nitrogens with zero attached hydrogens (tertiary/aromatic N) is 1. The van der Waals surface area contributed by atoms with Crippen molar-refractivity contribution >= 4 is 15.9 Å². The van der Waals surface area contributed by atoms with Crippen molar-refractivity contribution in [2.45, 2.75) is 25.2 Å². The van der Waals surface area contributed by atoms with Crippen LogP contribution in [0.2, 0.25) is 0 Å². The van der Waals surface area contributed by atoms with Gasteiger partial charge in [0.2, 0.25) is 15.9 Å². The highest BCUT2D eigenvalue weighted by atomic mass is 32.2. The predicted molar refractivity (Wildman–Crippen MR) is 72.8 cm³/mol. The SMILES string of the molecule is COCCNC(=O)CCNS(=O)(=O)c1c(C)n[nH]c1C. The number of nitrogens with one attached hydrogen (secondary N) is 3. The lowest BCUT2D eigenvalue weighted by Crippen LogP contribution is -2.32. The Kier molecular flexibility index (Phi) is 6.11. The topological polar surface area (TPSA) is 113 Å². The third kappa shape index (κ3) is 4.58. The van der Waals surface area contributed by atoms with Crippen molar-refractivity contribution in [1.29, 1.82) is 0 Å². The minimum atomic E-state index is -3.65. The summed E-state index contributed by atoms with van der Waals surface area (Å²) in [5.74, 6) is -0.231. The molecule has 0 aromatic carbocycles. The van der Waals surface area contributed by atoms with Crippen LogP contribution in [0.15, 0.2) is 4.90 Å². The minimum Gasteiger partial charge on any atom is -0.383 e. The van der Waals surface area contributed by atoms with Gasteiger partial charge in [0.1, 0.15) is 4.90 Å². The number of aromatic nitrogens is 2. The summed E-state index contributed by atoms with van der Waals surface area (Å²) in [4.78, 5) is 11.5. The number of methoxy groups -OCH3 is 1. The maximum absolute atomic E-state index is 12.1. The second-order valence-corrected chi connectivity index (χ2v) is 5.96. The summed E-state index contributed by atoms with van der Waals surface area (Å²) in [7, 11) is -2.11. The van der Waals surface area contributed by atoms with Crippen LogP contribution in [-0.4, -0.2) is 51.3 Å². The average Bonchev–Trinajstić information content (AvgIpc) is 2.69. The molecule has 0 aliphatic heterocycles. The van der Waals surface area contributed by atoms with Crippen LogP contribution in [0.5, 0.6) is 0 Å². The van der Waals surface area contributed by atoms with E-state index in [-0.39, 0.29) is 23.8 Å². The van der Waals surface area contributed by atoms with Crippen LogP contribution >= 0.6 is 0 Å². The molecule has 1 amide bonds. The van der Waals surface area contributed by atoms with Crippen molar-refractivity contribution in [3.05, 3.63) is 11.4 Å². The van der Waals surface area contributed by atoms with Gasteiger partial charge in [-0.15, -0.1) is 0 Å². The first-order chi connectivity index (χ1) is 9.38. The van der Waals surface area contributed by atoms with Gasteiger partial charge in [0.05, 0.1) is 18.0 Å². The van der Waals surface area contributed by atoms with Crippen molar-refractivity contribution in [2.24, 2.45) is 0 Å². The fourth-order valence-corrected chi connectivity index (χ4v) is 3.09. The molecule has 1 rings (SSSR count). The number of hydrogen-bond donors (Lipinski definition) is 3. The first-order valence-corrected chi connectivity index (χ1v) is 7.63. The van der Waals surface area contributed by atoms with Gasteiger partial charge in [-0.25, -0.2) is 13.1 Å². The predicted octanol–water partition coefficient (Wildman–Crippen LogP) is -0.542. The molecule has 0 spiro atoms. The molecular weight excluding hydrogens is 284 g/mol. The normalized spacial score (nSPS) is 11.6. The number of sulfonamides is 1. The van der Waals surface area contributed by atoms with E-state index in [4.69, 9.17) is 4.74 Å². The zero-order valence-electron chi connectivity index (χ0n) is 11.8. The monoisotopic (exact) mass is 304 g/mol. The Bertz CT molecular complexity index is 533. The second-order valence-electron chi connectivity index (χ2n) is 4.25. The van der Waals surface area contributed by atoms with Gasteiger partial charge in [-0.2, -0.15) is 5.10 Å². The van der Waals surface area contributed by atoms with Gasteiger partial charge in [-0.3, -0.25) is 9.89 Å². The third-order valence-corrected chi connectivity index (χ3v) is 4.32. The molecule has 1 aromatic heterocycles. The molecule has 9 heteroatoms. The quantitative estimate of drug-likeness (QED) is 0.558. The van der Waals surface area contributed by atoms with E-state index in [2.05, 4.69) is 20.2 Å². The van der Waals surface area contributed by atoms with Gasteiger partial charge >= 0.3 is 0 Å². The van der Waals surface area contributed by atoms with Crippen LogP contribution in [0.4, 0.5) is 0 Å². The molecule has 1 aromatic rings. The Morgan fingerprint density at radius 2 is 2.05 bits per heavy atom. The Labute approximate surface area is 118 Å². The molecule has 3 N–H and O–H groups in total. The number of aryl methyl sites for hydroxylation is 2. The highest BCUT2D eigenvalue weighted by molar-refractivity contribution is 7.89. The lowest BCUT2D eigenvalue weighted by molar-refractivity contribution is -0.121. The van der Waals surface area contributed by atoms with E-state index >= 15 is 0 Å². The number of carbonyl (C=O) groups is 1. The number of rotatable bonds is 8. The first-order valence-electron chi connectivity index (χ1n) is 6.15. The molecule has 0 bridgehead atoms. The maximum Gasteiger partial charge on any atom is 0.244 e. The van der Waals surface area contributed by atoms with Crippen LogP contribution in [0, 0.1) is 13.8 Å². The molecule has 0 aliphatic carbocycles. The molecule has 0 fully saturated rings. The standard InChI is InChI=1S/C11H20N4O4S/c1-8-11(9(2)15-14-8)20(17,18)13-5-4-10(16)12-6-7-19-3/h13H,4-7H2,1-3H3,(H,12,16)(H,14,15). The van der Waals surface area contributed by atoms with Crippen LogP contribution in [-0.2, 0) is 19.6 Å². The average molecular weight is 304 g/mol. The number of aromatic amines is 1. The highest BCUT2D eigenvalue weighted by Gasteiger charge is 2.21. The Balaban J connectivity index is 2.47. The minimum absolute atomic E-state index is 0.0329. The summed E-state index contributed by atoms with van der Waals surface area (Å²) in [6, 6.07) is 0. The highest BCUT2D eigenvalue weighted by Crippen LogP contribution is 2.15. The van der Waals surface area contributed by atoms with Crippen molar-refractivity contribution in [1.82, 2.24) is 20.2 Å². The van der Waals surface area contributed by atoms with Gasteiger partial charge in [0.15, 0.2) is 0 Å². The van der Waals surface area contributed by atoms with E-state index < -0.39 is 10.0 Å². The Morgan fingerprint density at radius 3 is 2.60 bits per heavy atom. The van der Waals surface area contributed by atoms with E-state index in [1.807, 2.05) is 0 Å². The summed E-state index contributed by atoms with van der Waals surface area (Å²) >= 11 is 0. The molecule has 0 atom stereocenters. The summed E-state index contributed by atoms with van der Waals surface area (Å²) in [5.41, 5.74) is 0.874. The second kappa shape index (κ2) is 7.36. The number of H-pyrrole nitrogens is 1. The van der Waals surface area contributed by atoms with Gasteiger partial charge in [0.25, 0.3) is 0 Å². The molecule has 20 heavy (non-hydrogen) atoms. The molecule has 114 valence electrons. The Morgan fingerprint density at radius 1 is 1.35 bits per heavy atom. The van der Waals surface area contributed by atoms with Gasteiger partial charge in [-0.1, -0.05) is 0 Å². The number of ether oxygens (including phenoxy) is 1. The van der Waals surface area contributed by atoms with Crippen LogP contribution in [0.1, 0.15) is 17.8 Å². The molecule has 0 saturated carbocycles. The van der Waals surface area contributed by atoms with Crippen molar-refractivity contribution < 1.29 is 17.9 Å². The molecule has 0 saturated heterocycles. The van der Waals surface area contributed by atoms with Gasteiger partial charge in [0, 0.05) is 26.6 Å². The number of amides is 1. The lowest BCUT2D eigenvalue weighted by atomic mass is 10.4. The third-order valence-electron chi connectivity index (χ3n) is 2.60. The van der Waals surface area contributed by atoms with E-state index in [9.17, 15) is 13.2 Å². The zero-order chi connectivity index (χ0) is 15.2. The largest absolute Gasteiger partial charge is 0.383 e. The smallest absolute Gasteiger partial charge is 0.244 e. The van der Waals surface area contributed by atoms with E-state index in [1.54, 1.807) is 13.8 Å². The fraction of sp³-hybridized carbons (Fsp3) is 0.636. The lowest BCUT2D eigenvalue weighted by Gasteiger charge is -2.07. The maximum atomic E-state index is 12.1. The summed E-state index contributed by atoms with van der Waals surface area (Å²) < 4.78 is 31.3. The number of carbonyl (C=O) groups excluding carboxylic acids is 1. The van der Waals surface area contributed by atoms with Crippen molar-refractivity contribution in [2.75, 3.05) is 26.8 Å². The summed E-state index contributed by atoms with van der Waals surface area (Å²) in [6.45, 7) is 4.10. The Hall–Kier alpha value is -1.45. The van der Waals surface area contributed by atoms with Crippen LogP contribution in [0.25, 0.3) is 0 Å². The van der Waals surface area contributed by atoms with Crippen LogP contribution < -0.4 is 10.0 Å². The van der Waals surface area contributed by atoms with Gasteiger partial charge < -0.3 is 10.1 Å². The number of hydrogen-bond acceptors (Lipinski definition) is 5. The molecule has 0 radical (unpaired) electrons. The van der Waals surface area contributed by atoms with Crippen LogP contribution in [0.3, 0.4) is 0 Å². The summed E-state index contributed by atoms with van der Waals surface area (Å²) in [5, 5.41) is 9.06. The van der Waals surface area contributed by atoms with E-state index in [0.717, 1.165) is 0 Å². The van der Waals surface area contributed by atoms with Crippen molar-refractivity contribution in [3.63, 3.8) is 0 Å².